The summed E-state index contributed by atoms with van der Waals surface area (Å²) in [6.45, 7) is 0. The number of carboxylic acids is 1. The number of rotatable bonds is 7. The van der Waals surface area contributed by atoms with Crippen LogP contribution < -0.4 is 11.1 Å². The molecule has 0 spiro atoms. The second-order valence-corrected chi connectivity index (χ2v) is 4.62. The molecule has 0 aromatic heterocycles. The van der Waals surface area contributed by atoms with Crippen molar-refractivity contribution in [2.45, 2.75) is 24.9 Å². The van der Waals surface area contributed by atoms with E-state index >= 15 is 0 Å². The van der Waals surface area contributed by atoms with Gasteiger partial charge in [-0.25, -0.2) is 4.79 Å². The third-order valence-electron chi connectivity index (χ3n) is 2.95. The maximum Gasteiger partial charge on any atom is 0.328 e. The average molecular weight is 310 g/mol. The maximum absolute atomic E-state index is 11.8. The number of hydrogen-bond acceptors (Lipinski definition) is 6. The molecule has 0 saturated heterocycles. The number of benzene rings is 1. The molecule has 0 bridgehead atoms. The van der Waals surface area contributed by atoms with Gasteiger partial charge in [-0.2, -0.15) is 0 Å². The lowest BCUT2D eigenvalue weighted by Gasteiger charge is -2.19. The number of carboxylic acid groups (broad SMARTS) is 1. The van der Waals surface area contributed by atoms with Crippen LogP contribution in [0, 0.1) is 0 Å². The third-order valence-corrected chi connectivity index (χ3v) is 2.95. The second kappa shape index (κ2) is 7.99. The number of ether oxygens (including phenoxy) is 1. The van der Waals surface area contributed by atoms with Gasteiger partial charge in [0.25, 0.3) is 0 Å². The number of esters is 1. The van der Waals surface area contributed by atoms with Gasteiger partial charge in [0.15, 0.2) is 0 Å². The van der Waals surface area contributed by atoms with Crippen molar-refractivity contribution in [3.05, 3.63) is 29.8 Å². The molecule has 1 aromatic rings. The van der Waals surface area contributed by atoms with Crippen LogP contribution >= 0.6 is 0 Å². The second-order valence-electron chi connectivity index (χ2n) is 4.62. The van der Waals surface area contributed by atoms with E-state index in [0.29, 0.717) is 5.56 Å². The fourth-order valence-electron chi connectivity index (χ4n) is 1.80. The SMILES string of the molecule is COC(=O)[C@@H](Cc1ccccc1O)NC(=O)[C@@H](N)CC(=O)O. The molecule has 8 nitrogen and oxygen atoms in total. The van der Waals surface area contributed by atoms with Crippen LogP contribution in [0.3, 0.4) is 0 Å². The predicted octanol–water partition coefficient (Wildman–Crippen LogP) is -0.605. The van der Waals surface area contributed by atoms with Crippen molar-refractivity contribution in [3.8, 4) is 5.75 Å². The van der Waals surface area contributed by atoms with Crippen LogP contribution in [0.25, 0.3) is 0 Å². The van der Waals surface area contributed by atoms with Crippen LogP contribution in [0.15, 0.2) is 24.3 Å². The Bertz CT molecular complexity index is 560. The Hall–Kier alpha value is -2.61. The zero-order valence-corrected chi connectivity index (χ0v) is 12.0. The van der Waals surface area contributed by atoms with Crippen LogP contribution in [-0.4, -0.2) is 47.3 Å². The molecule has 1 amide bonds. The molecule has 5 N–H and O–H groups in total. The molecule has 0 radical (unpaired) electrons. The Labute approximate surface area is 126 Å². The van der Waals surface area contributed by atoms with Gasteiger partial charge in [0.2, 0.25) is 5.91 Å². The molecular formula is C14H18N2O6. The van der Waals surface area contributed by atoms with Gasteiger partial charge in [0.1, 0.15) is 11.8 Å². The molecular weight excluding hydrogens is 292 g/mol. The first-order chi connectivity index (χ1) is 10.3. The predicted molar refractivity (Wildman–Crippen MR) is 76.0 cm³/mol. The largest absolute Gasteiger partial charge is 0.508 e. The number of phenolic OH excluding ortho intramolecular Hbond substituents is 1. The van der Waals surface area contributed by atoms with Crippen LogP contribution in [0.1, 0.15) is 12.0 Å². The van der Waals surface area contributed by atoms with E-state index in [1.807, 2.05) is 0 Å². The van der Waals surface area contributed by atoms with Crippen molar-refractivity contribution in [1.29, 1.82) is 0 Å². The summed E-state index contributed by atoms with van der Waals surface area (Å²) in [6.07, 6.45) is -0.568. The number of aliphatic carboxylic acids is 1. The summed E-state index contributed by atoms with van der Waals surface area (Å²) in [5.74, 6) is -2.76. The van der Waals surface area contributed by atoms with E-state index < -0.39 is 36.4 Å². The number of amides is 1. The van der Waals surface area contributed by atoms with Gasteiger partial charge >= 0.3 is 11.9 Å². The summed E-state index contributed by atoms with van der Waals surface area (Å²) in [5.41, 5.74) is 5.87. The monoisotopic (exact) mass is 310 g/mol. The van der Waals surface area contributed by atoms with Crippen LogP contribution in [0.2, 0.25) is 0 Å². The van der Waals surface area contributed by atoms with E-state index in [1.165, 1.54) is 6.07 Å². The van der Waals surface area contributed by atoms with Gasteiger partial charge in [0.05, 0.1) is 19.6 Å². The van der Waals surface area contributed by atoms with Crippen molar-refractivity contribution < 1.29 is 29.3 Å². The Kier molecular flexibility index (Phi) is 6.33. The van der Waals surface area contributed by atoms with Crippen molar-refractivity contribution >= 4 is 17.8 Å². The molecule has 8 heteroatoms. The molecule has 1 rings (SSSR count). The molecule has 22 heavy (non-hydrogen) atoms. The number of aromatic hydroxyl groups is 1. The highest BCUT2D eigenvalue weighted by atomic mass is 16.5. The van der Waals surface area contributed by atoms with Gasteiger partial charge in [-0.1, -0.05) is 18.2 Å². The number of phenols is 1. The fraction of sp³-hybridized carbons (Fsp3) is 0.357. The summed E-state index contributed by atoms with van der Waals surface area (Å²) in [7, 11) is 1.16. The van der Waals surface area contributed by atoms with Gasteiger partial charge in [-0.05, 0) is 11.6 Å². The van der Waals surface area contributed by atoms with Gasteiger partial charge in [-0.15, -0.1) is 0 Å². The van der Waals surface area contributed by atoms with Crippen LogP contribution in [-0.2, 0) is 25.5 Å². The Morgan fingerprint density at radius 2 is 1.95 bits per heavy atom. The molecule has 0 saturated carbocycles. The van der Waals surface area contributed by atoms with Crippen LogP contribution in [0.4, 0.5) is 0 Å². The molecule has 2 atom stereocenters. The van der Waals surface area contributed by atoms with Crippen molar-refractivity contribution in [2.24, 2.45) is 5.73 Å². The normalized spacial score (nSPS) is 13.0. The third kappa shape index (κ3) is 5.06. The molecule has 0 fully saturated rings. The van der Waals surface area contributed by atoms with E-state index in [0.717, 1.165) is 7.11 Å². The van der Waals surface area contributed by atoms with E-state index in [9.17, 15) is 19.5 Å². The summed E-state index contributed by atoms with van der Waals surface area (Å²) in [6, 6.07) is 3.96. The molecule has 0 unspecified atom stereocenters. The van der Waals surface area contributed by atoms with E-state index in [4.69, 9.17) is 10.8 Å². The number of methoxy groups -OCH3 is 1. The first-order valence-corrected chi connectivity index (χ1v) is 6.47. The fourth-order valence-corrected chi connectivity index (χ4v) is 1.80. The Morgan fingerprint density at radius 3 is 2.50 bits per heavy atom. The quantitative estimate of drug-likeness (QED) is 0.493. The highest BCUT2D eigenvalue weighted by molar-refractivity contribution is 5.89. The van der Waals surface area contributed by atoms with Crippen molar-refractivity contribution in [1.82, 2.24) is 5.32 Å². The number of carbonyl (C=O) groups is 3. The number of nitrogens with one attached hydrogen (secondary N) is 1. The summed E-state index contributed by atoms with van der Waals surface area (Å²) in [4.78, 5) is 34.1. The molecule has 0 aliphatic rings. The lowest BCUT2D eigenvalue weighted by atomic mass is 10.0. The molecule has 120 valence electrons. The van der Waals surface area contributed by atoms with Gasteiger partial charge in [0, 0.05) is 6.42 Å². The van der Waals surface area contributed by atoms with Gasteiger partial charge in [-0.3, -0.25) is 9.59 Å². The maximum atomic E-state index is 11.8. The summed E-state index contributed by atoms with van der Waals surface area (Å²) < 4.78 is 4.59. The summed E-state index contributed by atoms with van der Waals surface area (Å²) >= 11 is 0. The lowest BCUT2D eigenvalue weighted by Crippen LogP contribution is -2.50. The topological polar surface area (TPSA) is 139 Å². The van der Waals surface area contributed by atoms with Gasteiger partial charge < -0.3 is 26.0 Å². The standard InChI is InChI=1S/C14H18N2O6/c1-22-14(21)10(6-8-4-2-3-5-11(8)17)16-13(20)9(15)7-12(18)19/h2-5,9-10,17H,6-7,15H2,1H3,(H,16,20)(H,18,19)/t9-,10+/m0/s1. The smallest absolute Gasteiger partial charge is 0.328 e. The lowest BCUT2D eigenvalue weighted by molar-refractivity contribution is -0.145. The van der Waals surface area contributed by atoms with Crippen LogP contribution in [0.5, 0.6) is 5.75 Å². The number of nitrogens with two attached hydrogens (primary N) is 1. The minimum Gasteiger partial charge on any atom is -0.508 e. The zero-order chi connectivity index (χ0) is 16.7. The Morgan fingerprint density at radius 1 is 1.32 bits per heavy atom. The number of para-hydroxylation sites is 1. The minimum atomic E-state index is -1.28. The average Bonchev–Trinajstić information content (AvgIpc) is 2.47. The number of carbonyl (C=O) groups excluding carboxylic acids is 2. The highest BCUT2D eigenvalue weighted by Gasteiger charge is 2.26. The van der Waals surface area contributed by atoms with E-state index in [-0.39, 0.29) is 12.2 Å². The highest BCUT2D eigenvalue weighted by Crippen LogP contribution is 2.17. The molecule has 0 aliphatic carbocycles. The zero-order valence-electron chi connectivity index (χ0n) is 12.0. The first kappa shape index (κ1) is 17.4. The summed E-state index contributed by atoms with van der Waals surface area (Å²) in [5, 5.41) is 20.7. The number of hydrogen-bond donors (Lipinski definition) is 4. The van der Waals surface area contributed by atoms with E-state index in [1.54, 1.807) is 18.2 Å². The van der Waals surface area contributed by atoms with Crippen molar-refractivity contribution in [2.75, 3.05) is 7.11 Å². The molecule has 0 aliphatic heterocycles. The minimum absolute atomic E-state index is 0.00905. The van der Waals surface area contributed by atoms with Crippen molar-refractivity contribution in [3.63, 3.8) is 0 Å². The molecule has 0 heterocycles. The first-order valence-electron chi connectivity index (χ1n) is 6.47. The Balaban J connectivity index is 2.81. The van der Waals surface area contributed by atoms with E-state index in [2.05, 4.69) is 10.1 Å². The molecule has 1 aromatic carbocycles.